The van der Waals surface area contributed by atoms with Crippen LogP contribution in [0.15, 0.2) is 113 Å². The van der Waals surface area contributed by atoms with E-state index < -0.39 is 21.4 Å². The zero-order valence-electron chi connectivity index (χ0n) is 15.8. The summed E-state index contributed by atoms with van der Waals surface area (Å²) < 4.78 is 2.89. The maximum absolute atomic E-state index is 2.52. The van der Waals surface area contributed by atoms with Crippen molar-refractivity contribution in [1.29, 1.82) is 0 Å². The van der Waals surface area contributed by atoms with Crippen LogP contribution in [0.1, 0.15) is 36.0 Å². The van der Waals surface area contributed by atoms with Gasteiger partial charge in [0.1, 0.15) is 0 Å². The fourth-order valence-corrected chi connectivity index (χ4v) is 18.2. The number of rotatable bonds is 5. The van der Waals surface area contributed by atoms with E-state index in [9.17, 15) is 0 Å². The molecule has 0 N–H and O–H groups in total. The van der Waals surface area contributed by atoms with Gasteiger partial charge in [-0.25, -0.2) is 0 Å². The van der Waals surface area contributed by atoms with Crippen LogP contribution in [0.2, 0.25) is 0 Å². The van der Waals surface area contributed by atoms with Gasteiger partial charge in [-0.05, 0) is 0 Å². The van der Waals surface area contributed by atoms with E-state index in [2.05, 4.69) is 115 Å². The SMILES string of the molecule is C1=CC[C]([Hf]([CH]2C=Cc3ccccc32)[CH](c2ccccc2)c2ccccc2)=C1. The Labute approximate surface area is 175 Å². The van der Waals surface area contributed by atoms with Crippen LogP contribution in [0.4, 0.5) is 0 Å². The first-order valence-electron chi connectivity index (χ1n) is 10.0. The molecule has 1 unspecified atom stereocenters. The van der Waals surface area contributed by atoms with Gasteiger partial charge in [0.15, 0.2) is 0 Å². The summed E-state index contributed by atoms with van der Waals surface area (Å²) in [5.74, 6) is 0. The molecule has 3 aromatic carbocycles. The van der Waals surface area contributed by atoms with Gasteiger partial charge >= 0.3 is 176 Å². The van der Waals surface area contributed by atoms with Crippen molar-refractivity contribution in [3.63, 3.8) is 0 Å². The van der Waals surface area contributed by atoms with Crippen LogP contribution in [0.5, 0.6) is 0 Å². The Kier molecular flexibility index (Phi) is 5.10. The Morgan fingerprint density at radius 1 is 0.750 bits per heavy atom. The minimum absolute atomic E-state index is 0.541. The normalized spacial score (nSPS) is 17.0. The van der Waals surface area contributed by atoms with Crippen molar-refractivity contribution in [3.05, 3.63) is 135 Å². The van der Waals surface area contributed by atoms with Crippen LogP contribution in [0.25, 0.3) is 6.08 Å². The Balaban J connectivity index is 1.68. The van der Waals surface area contributed by atoms with Crippen LogP contribution in [0.3, 0.4) is 0 Å². The summed E-state index contributed by atoms with van der Waals surface area (Å²) in [6, 6.07) is 31.5. The molecule has 0 aliphatic heterocycles. The molecule has 135 valence electrons. The second kappa shape index (κ2) is 8.01. The predicted octanol–water partition coefficient (Wildman–Crippen LogP) is 7.01. The van der Waals surface area contributed by atoms with Gasteiger partial charge in [0.25, 0.3) is 0 Å². The van der Waals surface area contributed by atoms with Crippen LogP contribution < -0.4 is 0 Å². The molecule has 0 fully saturated rings. The van der Waals surface area contributed by atoms with E-state index in [-0.39, 0.29) is 0 Å². The van der Waals surface area contributed by atoms with E-state index in [1.807, 2.05) is 0 Å². The molecule has 0 aromatic heterocycles. The summed E-state index contributed by atoms with van der Waals surface area (Å²) in [4.78, 5) is 0. The average Bonchev–Trinajstić information content (AvgIpc) is 3.44. The van der Waals surface area contributed by atoms with E-state index in [1.54, 1.807) is 8.89 Å². The van der Waals surface area contributed by atoms with Crippen molar-refractivity contribution in [2.45, 2.75) is 13.8 Å². The number of allylic oxidation sites excluding steroid dienone is 5. The zero-order chi connectivity index (χ0) is 18.8. The molecule has 0 bridgehead atoms. The van der Waals surface area contributed by atoms with Gasteiger partial charge < -0.3 is 0 Å². The molecular formula is C27H23Hf. The van der Waals surface area contributed by atoms with Gasteiger partial charge in [0.2, 0.25) is 0 Å². The molecule has 0 amide bonds. The first-order chi connectivity index (χ1) is 13.9. The van der Waals surface area contributed by atoms with E-state index in [0.717, 1.165) is 6.42 Å². The monoisotopic (exact) mass is 527 g/mol. The molecule has 2 aliphatic carbocycles. The summed E-state index contributed by atoms with van der Waals surface area (Å²) in [7, 11) is 0. The number of fused-ring (bicyclic) bond motifs is 1. The van der Waals surface area contributed by atoms with E-state index in [4.69, 9.17) is 0 Å². The van der Waals surface area contributed by atoms with Gasteiger partial charge in [-0.15, -0.1) is 0 Å². The first kappa shape index (κ1) is 17.8. The summed E-state index contributed by atoms with van der Waals surface area (Å²) in [6.07, 6.45) is 13.1. The minimum atomic E-state index is -2.41. The molecule has 0 saturated heterocycles. The summed E-state index contributed by atoms with van der Waals surface area (Å²) in [5, 5.41) is 0. The molecule has 1 heteroatoms. The van der Waals surface area contributed by atoms with E-state index in [1.165, 1.54) is 16.7 Å². The van der Waals surface area contributed by atoms with Crippen LogP contribution in [-0.2, 0) is 21.4 Å². The third kappa shape index (κ3) is 3.33. The van der Waals surface area contributed by atoms with Crippen molar-refractivity contribution in [2.24, 2.45) is 0 Å². The third-order valence-corrected chi connectivity index (χ3v) is 18.7. The number of benzene rings is 3. The molecule has 1 atom stereocenters. The van der Waals surface area contributed by atoms with Gasteiger partial charge in [-0.3, -0.25) is 0 Å². The van der Waals surface area contributed by atoms with Crippen LogP contribution >= 0.6 is 0 Å². The number of hydrogen-bond donors (Lipinski definition) is 0. The van der Waals surface area contributed by atoms with Crippen molar-refractivity contribution in [3.8, 4) is 0 Å². The predicted molar refractivity (Wildman–Crippen MR) is 115 cm³/mol. The molecule has 0 saturated carbocycles. The molecule has 5 rings (SSSR count). The summed E-state index contributed by atoms with van der Waals surface area (Å²) >= 11 is -2.41. The summed E-state index contributed by atoms with van der Waals surface area (Å²) in [6.45, 7) is 0. The van der Waals surface area contributed by atoms with Crippen molar-refractivity contribution in [2.75, 3.05) is 0 Å². The van der Waals surface area contributed by atoms with Gasteiger partial charge in [0.05, 0.1) is 0 Å². The molecule has 3 aromatic rings. The van der Waals surface area contributed by atoms with Gasteiger partial charge in [-0.1, -0.05) is 0 Å². The Morgan fingerprint density at radius 3 is 2.04 bits per heavy atom. The molecule has 28 heavy (non-hydrogen) atoms. The maximum atomic E-state index is 2.52. The fraction of sp³-hybridized carbons (Fsp3) is 0.111. The standard InChI is InChI=1S/C13H11.C9H7.C5H5.Hf/c1-3-7-12(8-4-1)11-13-9-5-2-6-10-13;1-2-5-9-7-3-6-8(9)4-1;1-2-4-5-3-1;/h1-11H;1-7H;1-3H,4H2;. The topological polar surface area (TPSA) is 0 Å². The van der Waals surface area contributed by atoms with Crippen molar-refractivity contribution < 1.29 is 21.4 Å². The Morgan fingerprint density at radius 2 is 1.39 bits per heavy atom. The molecule has 0 radical (unpaired) electrons. The summed E-state index contributed by atoms with van der Waals surface area (Å²) in [5.41, 5.74) is 5.94. The fourth-order valence-electron chi connectivity index (χ4n) is 4.59. The number of hydrogen-bond acceptors (Lipinski definition) is 0. The molecule has 0 spiro atoms. The molecule has 0 nitrogen and oxygen atoms in total. The Hall–Kier alpha value is -2.25. The van der Waals surface area contributed by atoms with E-state index >= 15 is 0 Å². The van der Waals surface area contributed by atoms with Crippen LogP contribution in [0, 0.1) is 0 Å². The van der Waals surface area contributed by atoms with Crippen LogP contribution in [-0.4, -0.2) is 0 Å². The van der Waals surface area contributed by atoms with Gasteiger partial charge in [0, 0.05) is 0 Å². The second-order valence-corrected chi connectivity index (χ2v) is 17.4. The van der Waals surface area contributed by atoms with Crippen molar-refractivity contribution in [1.82, 2.24) is 0 Å². The molecule has 2 aliphatic rings. The Bertz CT molecular complexity index is 1000. The average molecular weight is 526 g/mol. The van der Waals surface area contributed by atoms with Crippen molar-refractivity contribution >= 4 is 6.08 Å². The zero-order valence-corrected chi connectivity index (χ0v) is 19.4. The quantitative estimate of drug-likeness (QED) is 0.314. The molecule has 0 heterocycles. The second-order valence-electron chi connectivity index (χ2n) is 7.50. The van der Waals surface area contributed by atoms with Gasteiger partial charge in [-0.2, -0.15) is 0 Å². The first-order valence-corrected chi connectivity index (χ1v) is 16.0. The third-order valence-electron chi connectivity index (χ3n) is 5.85. The molecular weight excluding hydrogens is 503 g/mol. The van der Waals surface area contributed by atoms with E-state index in [0.29, 0.717) is 7.35 Å².